The molecule has 0 radical (unpaired) electrons. The third kappa shape index (κ3) is 2.76. The average Bonchev–Trinajstić information content (AvgIpc) is 2.77. The Morgan fingerprint density at radius 3 is 2.47 bits per heavy atom. The fraction of sp³-hybridized carbons (Fsp3) is 0.857. The summed E-state index contributed by atoms with van der Waals surface area (Å²) in [5.74, 6) is 1.63. The SMILES string of the molecule is CC1(c2nc(N3CCCCCC3)no2)CCNCC1. The molecule has 0 bridgehead atoms. The van der Waals surface area contributed by atoms with Gasteiger partial charge >= 0.3 is 0 Å². The van der Waals surface area contributed by atoms with Gasteiger partial charge in [0, 0.05) is 18.5 Å². The van der Waals surface area contributed by atoms with E-state index in [1.807, 2.05) is 0 Å². The molecule has 0 amide bonds. The molecule has 0 spiro atoms. The number of hydrogen-bond acceptors (Lipinski definition) is 5. The Morgan fingerprint density at radius 1 is 1.11 bits per heavy atom. The summed E-state index contributed by atoms with van der Waals surface area (Å²) in [6.07, 6.45) is 7.29. The highest BCUT2D eigenvalue weighted by molar-refractivity contribution is 5.29. The highest BCUT2D eigenvalue weighted by Crippen LogP contribution is 2.32. The van der Waals surface area contributed by atoms with Crippen LogP contribution in [0.15, 0.2) is 4.52 Å². The molecule has 2 saturated heterocycles. The van der Waals surface area contributed by atoms with Gasteiger partial charge in [-0.15, -0.1) is 0 Å². The summed E-state index contributed by atoms with van der Waals surface area (Å²) in [7, 11) is 0. The predicted octanol–water partition coefficient (Wildman–Crippen LogP) is 2.09. The minimum Gasteiger partial charge on any atom is -0.338 e. The number of piperidine rings is 1. The van der Waals surface area contributed by atoms with Gasteiger partial charge in [0.25, 0.3) is 5.95 Å². The molecule has 1 aromatic rings. The molecule has 0 unspecified atom stereocenters. The van der Waals surface area contributed by atoms with E-state index in [0.717, 1.165) is 50.9 Å². The third-order valence-corrected chi connectivity index (χ3v) is 4.53. The number of nitrogens with one attached hydrogen (secondary N) is 1. The first-order chi connectivity index (χ1) is 9.28. The Bertz CT molecular complexity index is 403. The van der Waals surface area contributed by atoms with E-state index in [1.165, 1.54) is 25.7 Å². The fourth-order valence-corrected chi connectivity index (χ4v) is 3.05. The second-order valence-electron chi connectivity index (χ2n) is 6.11. The monoisotopic (exact) mass is 264 g/mol. The first kappa shape index (κ1) is 12.9. The Morgan fingerprint density at radius 2 is 1.79 bits per heavy atom. The van der Waals surface area contributed by atoms with Gasteiger partial charge in [0.15, 0.2) is 0 Å². The lowest BCUT2D eigenvalue weighted by atomic mass is 9.81. The molecule has 0 aliphatic carbocycles. The maximum Gasteiger partial charge on any atom is 0.266 e. The zero-order valence-electron chi connectivity index (χ0n) is 11.8. The fourth-order valence-electron chi connectivity index (χ4n) is 3.05. The summed E-state index contributed by atoms with van der Waals surface area (Å²) >= 11 is 0. The maximum absolute atomic E-state index is 5.57. The van der Waals surface area contributed by atoms with Crippen LogP contribution < -0.4 is 10.2 Å². The van der Waals surface area contributed by atoms with Crippen LogP contribution in [0.4, 0.5) is 5.95 Å². The van der Waals surface area contributed by atoms with Crippen LogP contribution in [0.5, 0.6) is 0 Å². The van der Waals surface area contributed by atoms with Crippen LogP contribution in [0.25, 0.3) is 0 Å². The number of hydrogen-bond donors (Lipinski definition) is 1. The van der Waals surface area contributed by atoms with E-state index in [9.17, 15) is 0 Å². The van der Waals surface area contributed by atoms with Crippen molar-refractivity contribution in [3.05, 3.63) is 5.89 Å². The number of aromatic nitrogens is 2. The maximum atomic E-state index is 5.57. The molecule has 0 atom stereocenters. The van der Waals surface area contributed by atoms with E-state index in [-0.39, 0.29) is 5.41 Å². The highest BCUT2D eigenvalue weighted by Gasteiger charge is 2.35. The van der Waals surface area contributed by atoms with E-state index in [1.54, 1.807) is 0 Å². The highest BCUT2D eigenvalue weighted by atomic mass is 16.5. The van der Waals surface area contributed by atoms with Gasteiger partial charge in [0.1, 0.15) is 0 Å². The summed E-state index contributed by atoms with van der Waals surface area (Å²) in [5.41, 5.74) is 0.0579. The van der Waals surface area contributed by atoms with Crippen LogP contribution in [0.2, 0.25) is 0 Å². The molecule has 0 saturated carbocycles. The molecular formula is C14H24N4O. The van der Waals surface area contributed by atoms with Crippen LogP contribution in [0, 0.1) is 0 Å². The second kappa shape index (κ2) is 5.49. The zero-order chi connectivity index (χ0) is 13.1. The lowest BCUT2D eigenvalue weighted by Gasteiger charge is -2.30. The van der Waals surface area contributed by atoms with Gasteiger partial charge in [-0.2, -0.15) is 4.98 Å². The lowest BCUT2D eigenvalue weighted by Crippen LogP contribution is -2.38. The Kier molecular flexibility index (Phi) is 3.73. The van der Waals surface area contributed by atoms with Gasteiger partial charge in [0.05, 0.1) is 0 Å². The second-order valence-corrected chi connectivity index (χ2v) is 6.11. The summed E-state index contributed by atoms with van der Waals surface area (Å²) in [4.78, 5) is 6.97. The molecule has 19 heavy (non-hydrogen) atoms. The van der Waals surface area contributed by atoms with Crippen molar-refractivity contribution in [3.8, 4) is 0 Å². The first-order valence-corrected chi connectivity index (χ1v) is 7.58. The Hall–Kier alpha value is -1.10. The largest absolute Gasteiger partial charge is 0.338 e. The Balaban J connectivity index is 1.74. The van der Waals surface area contributed by atoms with Crippen molar-refractivity contribution in [1.29, 1.82) is 0 Å². The number of nitrogens with zero attached hydrogens (tertiary/aromatic N) is 3. The van der Waals surface area contributed by atoms with Crippen molar-refractivity contribution in [2.24, 2.45) is 0 Å². The molecule has 3 rings (SSSR count). The van der Waals surface area contributed by atoms with Crippen LogP contribution >= 0.6 is 0 Å². The molecule has 5 heteroatoms. The molecule has 0 aromatic carbocycles. The van der Waals surface area contributed by atoms with Gasteiger partial charge in [-0.1, -0.05) is 19.8 Å². The molecular weight excluding hydrogens is 240 g/mol. The quantitative estimate of drug-likeness (QED) is 0.886. The molecule has 2 aliphatic heterocycles. The molecule has 1 aromatic heterocycles. The van der Waals surface area contributed by atoms with Crippen LogP contribution in [0.3, 0.4) is 0 Å². The van der Waals surface area contributed by atoms with Crippen molar-refractivity contribution < 1.29 is 4.52 Å². The van der Waals surface area contributed by atoms with E-state index >= 15 is 0 Å². The number of anilines is 1. The van der Waals surface area contributed by atoms with E-state index < -0.39 is 0 Å². The number of rotatable bonds is 2. The summed E-state index contributed by atoms with van der Waals surface area (Å²) in [6.45, 7) is 6.46. The summed E-state index contributed by atoms with van der Waals surface area (Å²) < 4.78 is 5.57. The van der Waals surface area contributed by atoms with Crippen molar-refractivity contribution >= 4 is 5.95 Å². The average molecular weight is 264 g/mol. The van der Waals surface area contributed by atoms with Crippen molar-refractivity contribution in [2.75, 3.05) is 31.1 Å². The van der Waals surface area contributed by atoms with E-state index in [0.29, 0.717) is 0 Å². The molecule has 2 fully saturated rings. The van der Waals surface area contributed by atoms with Gasteiger partial charge in [-0.3, -0.25) is 0 Å². The van der Waals surface area contributed by atoms with Crippen molar-refractivity contribution in [3.63, 3.8) is 0 Å². The van der Waals surface area contributed by atoms with Gasteiger partial charge in [0.2, 0.25) is 5.89 Å². The molecule has 2 aliphatic rings. The van der Waals surface area contributed by atoms with E-state index in [4.69, 9.17) is 9.51 Å². The van der Waals surface area contributed by atoms with Crippen molar-refractivity contribution in [2.45, 2.75) is 50.9 Å². The standard InChI is InChI=1S/C14H24N4O/c1-14(6-8-15-9-7-14)12-16-13(17-19-12)18-10-4-2-3-5-11-18/h15H,2-11H2,1H3. The van der Waals surface area contributed by atoms with Gasteiger partial charge in [-0.25, -0.2) is 0 Å². The summed E-state index contributed by atoms with van der Waals surface area (Å²) in [6, 6.07) is 0. The minimum atomic E-state index is 0.0579. The minimum absolute atomic E-state index is 0.0579. The van der Waals surface area contributed by atoms with Crippen molar-refractivity contribution in [1.82, 2.24) is 15.5 Å². The third-order valence-electron chi connectivity index (χ3n) is 4.53. The van der Waals surface area contributed by atoms with Crippen LogP contribution in [-0.2, 0) is 5.41 Å². The van der Waals surface area contributed by atoms with Gasteiger partial charge < -0.3 is 14.7 Å². The molecule has 1 N–H and O–H groups in total. The summed E-state index contributed by atoms with van der Waals surface area (Å²) in [5, 5.41) is 7.61. The van der Waals surface area contributed by atoms with E-state index in [2.05, 4.69) is 22.3 Å². The smallest absolute Gasteiger partial charge is 0.266 e. The predicted molar refractivity (Wildman–Crippen MR) is 74.4 cm³/mol. The Labute approximate surface area is 114 Å². The topological polar surface area (TPSA) is 54.2 Å². The van der Waals surface area contributed by atoms with Gasteiger partial charge in [-0.05, 0) is 43.9 Å². The van der Waals surface area contributed by atoms with Crippen LogP contribution in [0.1, 0.15) is 51.3 Å². The first-order valence-electron chi connectivity index (χ1n) is 7.58. The molecule has 5 nitrogen and oxygen atoms in total. The zero-order valence-corrected chi connectivity index (χ0v) is 11.8. The van der Waals surface area contributed by atoms with Crippen LogP contribution in [-0.4, -0.2) is 36.3 Å². The molecule has 3 heterocycles. The molecule has 106 valence electrons. The normalized spacial score (nSPS) is 24.2. The lowest BCUT2D eigenvalue weighted by molar-refractivity contribution is 0.241.